The van der Waals surface area contributed by atoms with Crippen LogP contribution >= 0.6 is 11.3 Å². The van der Waals surface area contributed by atoms with Crippen molar-refractivity contribution in [3.63, 3.8) is 0 Å². The SMILES string of the molecule is CC(C)C[C@H](NC(=O)[C@H](Cc1c[nH]c2ccccc12)NC(=O)OCc1ccccc1)C(=O)N[C@H](CC(C)C)[C@H](O)c1nccs1. The first kappa shape index (κ1) is 33.7. The number of H-pyrrole nitrogens is 1. The number of fused-ring (bicyclic) bond motifs is 1. The van der Waals surface area contributed by atoms with Gasteiger partial charge in [-0.25, -0.2) is 9.78 Å². The molecular weight excluding hydrogens is 590 g/mol. The lowest BCUT2D eigenvalue weighted by atomic mass is 9.97. The molecule has 0 aliphatic heterocycles. The number of amides is 3. The number of aliphatic hydroxyl groups excluding tert-OH is 1. The third-order valence-corrected chi connectivity index (χ3v) is 8.25. The lowest BCUT2D eigenvalue weighted by Crippen LogP contribution is -2.56. The zero-order valence-corrected chi connectivity index (χ0v) is 27.0. The van der Waals surface area contributed by atoms with E-state index in [4.69, 9.17) is 4.74 Å². The van der Waals surface area contributed by atoms with Crippen molar-refractivity contribution in [3.05, 3.63) is 88.5 Å². The van der Waals surface area contributed by atoms with E-state index >= 15 is 0 Å². The lowest BCUT2D eigenvalue weighted by Gasteiger charge is -2.29. The Morgan fingerprint density at radius 3 is 2.27 bits per heavy atom. The number of thiazole rings is 1. The Morgan fingerprint density at radius 2 is 1.58 bits per heavy atom. The second-order valence-corrected chi connectivity index (χ2v) is 13.0. The molecular formula is C34H43N5O5S. The summed E-state index contributed by atoms with van der Waals surface area (Å²) in [7, 11) is 0. The average molecular weight is 634 g/mol. The van der Waals surface area contributed by atoms with Crippen molar-refractivity contribution >= 4 is 40.1 Å². The molecule has 2 aromatic carbocycles. The van der Waals surface area contributed by atoms with Gasteiger partial charge in [-0.3, -0.25) is 9.59 Å². The van der Waals surface area contributed by atoms with E-state index in [9.17, 15) is 19.5 Å². The van der Waals surface area contributed by atoms with Crippen LogP contribution in [0.3, 0.4) is 0 Å². The highest BCUT2D eigenvalue weighted by molar-refractivity contribution is 7.09. The first-order valence-corrected chi connectivity index (χ1v) is 16.2. The Bertz CT molecular complexity index is 1520. The third kappa shape index (κ3) is 9.89. The minimum absolute atomic E-state index is 0.0468. The Balaban J connectivity index is 1.52. The molecule has 0 saturated heterocycles. The summed E-state index contributed by atoms with van der Waals surface area (Å²) in [5, 5.41) is 22.9. The maximum atomic E-state index is 13.9. The molecule has 3 amide bonds. The summed E-state index contributed by atoms with van der Waals surface area (Å²) in [6, 6.07) is 14.5. The summed E-state index contributed by atoms with van der Waals surface area (Å²) < 4.78 is 5.43. The molecule has 4 rings (SSSR count). The number of aliphatic hydroxyl groups is 1. The third-order valence-electron chi connectivity index (χ3n) is 7.40. The molecule has 0 aliphatic rings. The molecule has 4 aromatic rings. The molecule has 0 aliphatic carbocycles. The quantitative estimate of drug-likeness (QED) is 0.121. The number of rotatable bonds is 15. The second-order valence-electron chi connectivity index (χ2n) is 12.1. The normalized spacial score (nSPS) is 14.1. The van der Waals surface area contributed by atoms with E-state index in [-0.39, 0.29) is 24.9 Å². The van der Waals surface area contributed by atoms with Gasteiger partial charge in [0, 0.05) is 35.1 Å². The number of alkyl carbamates (subject to hydrolysis) is 1. The molecule has 11 heteroatoms. The average Bonchev–Trinajstić information content (AvgIpc) is 3.70. The van der Waals surface area contributed by atoms with Gasteiger partial charge < -0.3 is 30.8 Å². The number of aromatic amines is 1. The summed E-state index contributed by atoms with van der Waals surface area (Å²) in [4.78, 5) is 47.9. The maximum Gasteiger partial charge on any atom is 0.408 e. The van der Waals surface area contributed by atoms with Crippen LogP contribution in [-0.2, 0) is 27.4 Å². The van der Waals surface area contributed by atoms with Gasteiger partial charge in [-0.15, -0.1) is 11.3 Å². The van der Waals surface area contributed by atoms with Crippen LogP contribution in [0, 0.1) is 11.8 Å². The van der Waals surface area contributed by atoms with E-state index in [1.54, 1.807) is 11.6 Å². The van der Waals surface area contributed by atoms with Crippen molar-refractivity contribution in [3.8, 4) is 0 Å². The van der Waals surface area contributed by atoms with Crippen LogP contribution in [0.15, 0.2) is 72.4 Å². The summed E-state index contributed by atoms with van der Waals surface area (Å²) in [6.45, 7) is 8.00. The van der Waals surface area contributed by atoms with Crippen molar-refractivity contribution in [1.29, 1.82) is 0 Å². The van der Waals surface area contributed by atoms with Crippen molar-refractivity contribution in [1.82, 2.24) is 25.9 Å². The van der Waals surface area contributed by atoms with Crippen LogP contribution in [0.5, 0.6) is 0 Å². The minimum Gasteiger partial charge on any atom is -0.445 e. The predicted octanol–water partition coefficient (Wildman–Crippen LogP) is 5.26. The maximum absolute atomic E-state index is 13.9. The van der Waals surface area contributed by atoms with Gasteiger partial charge in [-0.2, -0.15) is 0 Å². The number of nitrogens with zero attached hydrogens (tertiary/aromatic N) is 1. The molecule has 4 atom stereocenters. The molecule has 2 aromatic heterocycles. The van der Waals surface area contributed by atoms with Gasteiger partial charge in [0.1, 0.15) is 29.8 Å². The fourth-order valence-corrected chi connectivity index (χ4v) is 5.91. The molecule has 10 nitrogen and oxygen atoms in total. The molecule has 2 heterocycles. The van der Waals surface area contributed by atoms with Gasteiger partial charge in [0.25, 0.3) is 0 Å². The van der Waals surface area contributed by atoms with Crippen LogP contribution in [0.1, 0.15) is 62.8 Å². The number of ether oxygens (including phenoxy) is 1. The Morgan fingerprint density at radius 1 is 0.889 bits per heavy atom. The van der Waals surface area contributed by atoms with Crippen molar-refractivity contribution < 1.29 is 24.2 Å². The first-order valence-electron chi connectivity index (χ1n) is 15.3. The first-order chi connectivity index (χ1) is 21.6. The van der Waals surface area contributed by atoms with Crippen LogP contribution in [0.25, 0.3) is 10.9 Å². The van der Waals surface area contributed by atoms with Crippen molar-refractivity contribution in [2.45, 2.75) is 77.8 Å². The van der Waals surface area contributed by atoms with Gasteiger partial charge in [-0.05, 0) is 41.9 Å². The number of benzene rings is 2. The number of aromatic nitrogens is 2. The smallest absolute Gasteiger partial charge is 0.408 e. The standard InChI is InChI=1S/C34H43N5O5S/c1-21(2)16-27(30(40)33-35-14-15-45-33)37-31(41)28(17-22(3)4)38-32(42)29(18-24-19-36-26-13-9-8-12-25(24)26)39-34(43)44-20-23-10-6-5-7-11-23/h5-15,19,21-22,27-30,36,40H,16-18,20H2,1-4H3,(H,37,41)(H,38,42)(H,39,43)/t27-,28+,29+,30+/m1/s1. The topological polar surface area (TPSA) is 145 Å². The van der Waals surface area contributed by atoms with Crippen molar-refractivity contribution in [2.75, 3.05) is 0 Å². The molecule has 240 valence electrons. The Labute approximate surface area is 268 Å². The summed E-state index contributed by atoms with van der Waals surface area (Å²) in [5.74, 6) is -0.659. The van der Waals surface area contributed by atoms with Gasteiger partial charge in [0.05, 0.1) is 6.04 Å². The zero-order valence-electron chi connectivity index (χ0n) is 26.2. The largest absolute Gasteiger partial charge is 0.445 e. The Hall–Kier alpha value is -4.22. The van der Waals surface area contributed by atoms with E-state index in [0.717, 1.165) is 22.0 Å². The Kier molecular flexibility index (Phi) is 12.1. The highest BCUT2D eigenvalue weighted by Gasteiger charge is 2.32. The summed E-state index contributed by atoms with van der Waals surface area (Å²) in [5.41, 5.74) is 2.56. The van der Waals surface area contributed by atoms with E-state index in [1.807, 2.05) is 88.5 Å². The molecule has 0 spiro atoms. The van der Waals surface area contributed by atoms with Crippen molar-refractivity contribution in [2.24, 2.45) is 11.8 Å². The predicted molar refractivity (Wildman–Crippen MR) is 175 cm³/mol. The zero-order chi connectivity index (χ0) is 32.3. The molecule has 0 bridgehead atoms. The number of carbonyl (C=O) groups is 3. The van der Waals surface area contributed by atoms with Gasteiger partial charge >= 0.3 is 6.09 Å². The van der Waals surface area contributed by atoms with E-state index in [0.29, 0.717) is 17.8 Å². The number of hydrogen-bond donors (Lipinski definition) is 5. The van der Waals surface area contributed by atoms with E-state index in [1.165, 1.54) is 11.3 Å². The molecule has 0 saturated carbocycles. The van der Waals surface area contributed by atoms with E-state index in [2.05, 4.69) is 25.9 Å². The van der Waals surface area contributed by atoms with Crippen LogP contribution in [0.4, 0.5) is 4.79 Å². The van der Waals surface area contributed by atoms with Crippen LogP contribution in [0.2, 0.25) is 0 Å². The fourth-order valence-electron chi connectivity index (χ4n) is 5.22. The number of carbonyl (C=O) groups excluding carboxylic acids is 3. The van der Waals surface area contributed by atoms with Crippen LogP contribution < -0.4 is 16.0 Å². The minimum atomic E-state index is -1.03. The molecule has 0 unspecified atom stereocenters. The van der Waals surface area contributed by atoms with Gasteiger partial charge in [0.2, 0.25) is 11.8 Å². The van der Waals surface area contributed by atoms with E-state index < -0.39 is 42.1 Å². The highest BCUT2D eigenvalue weighted by atomic mass is 32.1. The summed E-state index contributed by atoms with van der Waals surface area (Å²) in [6.07, 6.45) is 2.76. The second kappa shape index (κ2) is 16.2. The highest BCUT2D eigenvalue weighted by Crippen LogP contribution is 2.24. The number of hydrogen-bond acceptors (Lipinski definition) is 7. The van der Waals surface area contributed by atoms with Crippen LogP contribution in [-0.4, -0.2) is 51.1 Å². The molecule has 5 N–H and O–H groups in total. The molecule has 45 heavy (non-hydrogen) atoms. The number of para-hydroxylation sites is 1. The monoisotopic (exact) mass is 633 g/mol. The fraction of sp³-hybridized carbons (Fsp3) is 0.412. The molecule has 0 fully saturated rings. The lowest BCUT2D eigenvalue weighted by molar-refractivity contribution is -0.131. The number of nitrogens with one attached hydrogen (secondary N) is 4. The van der Waals surface area contributed by atoms with Gasteiger partial charge in [0.15, 0.2) is 0 Å². The summed E-state index contributed by atoms with van der Waals surface area (Å²) >= 11 is 1.32. The van der Waals surface area contributed by atoms with Gasteiger partial charge in [-0.1, -0.05) is 76.2 Å². The molecule has 0 radical (unpaired) electrons.